The Bertz CT molecular complexity index is 1490. The first-order chi connectivity index (χ1) is 17.9. The van der Waals surface area contributed by atoms with Gasteiger partial charge < -0.3 is 20.0 Å². The van der Waals surface area contributed by atoms with Gasteiger partial charge in [0.15, 0.2) is 11.7 Å². The minimum atomic E-state index is -0.313. The third-order valence-corrected chi connectivity index (χ3v) is 7.10. The van der Waals surface area contributed by atoms with E-state index < -0.39 is 0 Å². The number of hydrogen-bond donors (Lipinski definition) is 3. The van der Waals surface area contributed by atoms with Gasteiger partial charge in [0.1, 0.15) is 5.65 Å². The Morgan fingerprint density at radius 3 is 2.73 bits per heavy atom. The summed E-state index contributed by atoms with van der Waals surface area (Å²) in [6.07, 6.45) is 9.32. The molecule has 1 saturated heterocycles. The summed E-state index contributed by atoms with van der Waals surface area (Å²) in [5.74, 6) is 1.46. The molecule has 4 aromatic rings. The summed E-state index contributed by atoms with van der Waals surface area (Å²) >= 11 is 0. The van der Waals surface area contributed by atoms with Gasteiger partial charge in [0, 0.05) is 23.5 Å². The van der Waals surface area contributed by atoms with Gasteiger partial charge in [-0.15, -0.1) is 0 Å². The number of nitrogens with one attached hydrogen (secondary N) is 3. The van der Waals surface area contributed by atoms with Crippen molar-refractivity contribution in [2.24, 2.45) is 0 Å². The number of aryl methyl sites for hydroxylation is 1. The number of pyridine rings is 2. The average Bonchev–Trinajstić information content (AvgIpc) is 3.25. The Labute approximate surface area is 213 Å². The molecule has 3 N–H and O–H groups in total. The van der Waals surface area contributed by atoms with Crippen molar-refractivity contribution in [1.29, 1.82) is 0 Å². The summed E-state index contributed by atoms with van der Waals surface area (Å²) in [6, 6.07) is 5.82. The van der Waals surface area contributed by atoms with Gasteiger partial charge in [0.2, 0.25) is 5.91 Å². The maximum Gasteiger partial charge on any atom is 0.257 e. The lowest BCUT2D eigenvalue weighted by Crippen LogP contribution is -2.35. The Kier molecular flexibility index (Phi) is 5.96. The third kappa shape index (κ3) is 4.97. The molecule has 10 nitrogen and oxygen atoms in total. The van der Waals surface area contributed by atoms with E-state index in [4.69, 9.17) is 4.42 Å². The van der Waals surface area contributed by atoms with Crippen molar-refractivity contribution in [3.05, 3.63) is 53.9 Å². The maximum absolute atomic E-state index is 13.1. The molecule has 190 valence electrons. The predicted molar refractivity (Wildman–Crippen MR) is 139 cm³/mol. The van der Waals surface area contributed by atoms with E-state index in [0.29, 0.717) is 52.5 Å². The van der Waals surface area contributed by atoms with E-state index in [1.807, 2.05) is 6.07 Å². The van der Waals surface area contributed by atoms with Gasteiger partial charge >= 0.3 is 0 Å². The highest BCUT2D eigenvalue weighted by Gasteiger charge is 2.29. The van der Waals surface area contributed by atoms with Crippen LogP contribution in [0.1, 0.15) is 60.5 Å². The van der Waals surface area contributed by atoms with Crippen LogP contribution in [0.2, 0.25) is 0 Å². The summed E-state index contributed by atoms with van der Waals surface area (Å²) in [4.78, 5) is 44.1. The van der Waals surface area contributed by atoms with Gasteiger partial charge in [0.05, 0.1) is 47.3 Å². The highest BCUT2D eigenvalue weighted by molar-refractivity contribution is 6.06. The molecule has 0 unspecified atom stereocenters. The van der Waals surface area contributed by atoms with Crippen molar-refractivity contribution in [3.63, 3.8) is 0 Å². The fraction of sp³-hybridized carbons (Fsp3) is 0.370. The van der Waals surface area contributed by atoms with Crippen LogP contribution in [0.4, 0.5) is 11.4 Å². The van der Waals surface area contributed by atoms with Crippen LogP contribution >= 0.6 is 0 Å². The van der Waals surface area contributed by atoms with Crippen LogP contribution in [0, 0.1) is 6.92 Å². The molecule has 1 aliphatic heterocycles. The number of carbonyl (C=O) groups is 2. The first kappa shape index (κ1) is 23.4. The van der Waals surface area contributed by atoms with Crippen molar-refractivity contribution >= 4 is 34.2 Å². The molecule has 4 aromatic heterocycles. The Morgan fingerprint density at radius 2 is 1.95 bits per heavy atom. The molecular weight excluding hydrogens is 470 g/mol. The number of anilines is 2. The fourth-order valence-corrected chi connectivity index (χ4v) is 4.74. The first-order valence-corrected chi connectivity index (χ1v) is 12.7. The molecule has 2 amide bonds. The number of fused-ring (bicyclic) bond motifs is 1. The third-order valence-electron chi connectivity index (χ3n) is 7.10. The van der Waals surface area contributed by atoms with Gasteiger partial charge in [-0.05, 0) is 64.3 Å². The second-order valence-electron chi connectivity index (χ2n) is 10.0. The number of H-pyrrole nitrogens is 1. The first-order valence-electron chi connectivity index (χ1n) is 12.7. The van der Waals surface area contributed by atoms with E-state index in [0.717, 1.165) is 49.2 Å². The number of carbonyl (C=O) groups excluding carboxylic acids is 2. The van der Waals surface area contributed by atoms with E-state index in [-0.39, 0.29) is 11.8 Å². The summed E-state index contributed by atoms with van der Waals surface area (Å²) in [5, 5.41) is 6.60. The Hall–Kier alpha value is -4.05. The van der Waals surface area contributed by atoms with Crippen LogP contribution in [0.3, 0.4) is 0 Å². The smallest absolute Gasteiger partial charge is 0.257 e. The predicted octanol–water partition coefficient (Wildman–Crippen LogP) is 4.47. The summed E-state index contributed by atoms with van der Waals surface area (Å²) < 4.78 is 5.88. The van der Waals surface area contributed by atoms with Crippen molar-refractivity contribution in [2.75, 3.05) is 23.7 Å². The molecule has 2 fully saturated rings. The van der Waals surface area contributed by atoms with Crippen LogP contribution in [-0.4, -0.2) is 55.8 Å². The Balaban J connectivity index is 1.15. The lowest BCUT2D eigenvalue weighted by Gasteiger charge is -2.20. The summed E-state index contributed by atoms with van der Waals surface area (Å²) in [6.45, 7) is 5.22. The lowest BCUT2D eigenvalue weighted by atomic mass is 10.2. The molecule has 0 radical (unpaired) electrons. The zero-order valence-electron chi connectivity index (χ0n) is 20.9. The molecule has 1 aliphatic carbocycles. The number of likely N-dealkylation sites (tertiary alicyclic amines) is 1. The van der Waals surface area contributed by atoms with Gasteiger partial charge in [-0.3, -0.25) is 19.5 Å². The molecule has 37 heavy (non-hydrogen) atoms. The molecule has 6 rings (SSSR count). The van der Waals surface area contributed by atoms with Gasteiger partial charge in [-0.2, -0.15) is 0 Å². The van der Waals surface area contributed by atoms with E-state index in [2.05, 4.69) is 42.4 Å². The molecule has 5 heterocycles. The van der Waals surface area contributed by atoms with Gasteiger partial charge in [0.25, 0.3) is 5.91 Å². The molecular formula is C27H29N7O3. The normalized spacial score (nSPS) is 17.8. The number of aromatic amines is 1. The zero-order chi connectivity index (χ0) is 25.5. The number of rotatable bonds is 7. The largest absolute Gasteiger partial charge is 0.439 e. The fourth-order valence-electron chi connectivity index (χ4n) is 4.74. The minimum absolute atomic E-state index is 0.0920. The zero-order valence-corrected chi connectivity index (χ0v) is 20.9. The monoisotopic (exact) mass is 499 g/mol. The van der Waals surface area contributed by atoms with Crippen LogP contribution in [0.25, 0.3) is 22.5 Å². The molecule has 0 aromatic carbocycles. The molecule has 10 heteroatoms. The van der Waals surface area contributed by atoms with Crippen molar-refractivity contribution < 1.29 is 14.0 Å². The second-order valence-corrected chi connectivity index (χ2v) is 10.0. The van der Waals surface area contributed by atoms with E-state index in [1.54, 1.807) is 31.5 Å². The number of hydrogen-bond acceptors (Lipinski definition) is 7. The SMILES string of the molecule is Cc1ncc(NC(=O)CN2CCC[C@@H]2C)cc1NC(=O)c1cnc2[nH]c(-c3cnc(C4CC4)o3)cc2c1. The number of nitrogens with zero attached hydrogens (tertiary/aromatic N) is 4. The van der Waals surface area contributed by atoms with Crippen molar-refractivity contribution in [1.82, 2.24) is 24.8 Å². The van der Waals surface area contributed by atoms with Gasteiger partial charge in [-0.25, -0.2) is 9.97 Å². The molecule has 1 saturated carbocycles. The standard InChI is InChI=1S/C27H29N7O3/c1-15-4-3-7-34(15)14-24(35)31-20-10-21(16(2)28-12-20)33-26(36)19-8-18-9-22(32-25(18)29-11-19)23-13-30-27(37-23)17-5-6-17/h8-13,15,17H,3-7,14H2,1-2H3,(H,29,32)(H,31,35)(H,33,36)/t15-/m0/s1. The molecule has 1 atom stereocenters. The Morgan fingerprint density at radius 1 is 1.08 bits per heavy atom. The van der Waals surface area contributed by atoms with Crippen LogP contribution < -0.4 is 10.6 Å². The second kappa shape index (κ2) is 9.44. The highest BCUT2D eigenvalue weighted by atomic mass is 16.4. The topological polar surface area (TPSA) is 129 Å². The van der Waals surface area contributed by atoms with E-state index >= 15 is 0 Å². The number of oxazole rings is 1. The van der Waals surface area contributed by atoms with E-state index in [1.165, 1.54) is 6.20 Å². The highest BCUT2D eigenvalue weighted by Crippen LogP contribution is 2.40. The molecule has 0 spiro atoms. The lowest BCUT2D eigenvalue weighted by molar-refractivity contribution is -0.117. The number of aromatic nitrogens is 4. The van der Waals surface area contributed by atoms with Crippen LogP contribution in [-0.2, 0) is 4.79 Å². The van der Waals surface area contributed by atoms with Gasteiger partial charge in [-0.1, -0.05) is 0 Å². The quantitative estimate of drug-likeness (QED) is 0.342. The van der Waals surface area contributed by atoms with Crippen molar-refractivity contribution in [2.45, 2.75) is 51.5 Å². The summed E-state index contributed by atoms with van der Waals surface area (Å²) in [7, 11) is 0. The number of amides is 2. The van der Waals surface area contributed by atoms with Crippen LogP contribution in [0.5, 0.6) is 0 Å². The minimum Gasteiger partial charge on any atom is -0.439 e. The van der Waals surface area contributed by atoms with E-state index in [9.17, 15) is 9.59 Å². The average molecular weight is 500 g/mol. The molecule has 2 aliphatic rings. The molecule has 0 bridgehead atoms. The summed E-state index contributed by atoms with van der Waals surface area (Å²) in [5.41, 5.74) is 3.55. The van der Waals surface area contributed by atoms with Crippen LogP contribution in [0.15, 0.2) is 41.2 Å². The maximum atomic E-state index is 13.1. The van der Waals surface area contributed by atoms with Crippen molar-refractivity contribution in [3.8, 4) is 11.5 Å².